The lowest BCUT2D eigenvalue weighted by atomic mass is 9.95. The molecular formula is C22H26N6O3. The lowest BCUT2D eigenvalue weighted by Crippen LogP contribution is -2.52. The van der Waals surface area contributed by atoms with Crippen LogP contribution in [-0.4, -0.2) is 66.2 Å². The average molecular weight is 422 g/mol. The second kappa shape index (κ2) is 9.57. The number of carbonyl (C=O) groups excluding carboxylic acids is 2. The third-order valence-electron chi connectivity index (χ3n) is 5.37. The van der Waals surface area contributed by atoms with Crippen molar-refractivity contribution in [2.75, 3.05) is 44.2 Å². The van der Waals surface area contributed by atoms with Crippen LogP contribution in [0.2, 0.25) is 0 Å². The molecule has 1 aromatic heterocycles. The van der Waals surface area contributed by atoms with Gasteiger partial charge >= 0.3 is 12.0 Å². The molecule has 9 heteroatoms. The zero-order valence-corrected chi connectivity index (χ0v) is 17.5. The van der Waals surface area contributed by atoms with Gasteiger partial charge in [0, 0.05) is 50.8 Å². The molecule has 2 amide bonds. The third-order valence-corrected chi connectivity index (χ3v) is 5.37. The molecule has 1 aromatic carbocycles. The average Bonchev–Trinajstić information content (AvgIpc) is 2.80. The summed E-state index contributed by atoms with van der Waals surface area (Å²) in [4.78, 5) is 38.2. The van der Waals surface area contributed by atoms with Gasteiger partial charge in [-0.1, -0.05) is 30.3 Å². The van der Waals surface area contributed by atoms with E-state index in [0.29, 0.717) is 23.8 Å². The summed E-state index contributed by atoms with van der Waals surface area (Å²) in [6.07, 6.45) is 3.47. The molecule has 1 fully saturated rings. The van der Waals surface area contributed by atoms with Crippen LogP contribution in [0.1, 0.15) is 18.5 Å². The molecule has 9 nitrogen and oxygen atoms in total. The quantitative estimate of drug-likeness (QED) is 0.680. The molecule has 1 unspecified atom stereocenters. The molecule has 0 radical (unpaired) electrons. The third kappa shape index (κ3) is 4.83. The van der Waals surface area contributed by atoms with Crippen molar-refractivity contribution in [1.82, 2.24) is 25.5 Å². The molecule has 1 atom stereocenters. The summed E-state index contributed by atoms with van der Waals surface area (Å²) in [7, 11) is 0. The summed E-state index contributed by atoms with van der Waals surface area (Å²) in [6.45, 7) is 5.54. The molecule has 0 aliphatic carbocycles. The Morgan fingerprint density at radius 2 is 1.81 bits per heavy atom. The Labute approximate surface area is 181 Å². The first-order valence-corrected chi connectivity index (χ1v) is 10.4. The lowest BCUT2D eigenvalue weighted by molar-refractivity contribution is -0.139. The number of carbonyl (C=O) groups is 2. The molecule has 2 N–H and O–H groups in total. The second-order valence-electron chi connectivity index (χ2n) is 7.37. The van der Waals surface area contributed by atoms with E-state index in [4.69, 9.17) is 4.74 Å². The minimum atomic E-state index is -0.553. The number of rotatable bonds is 6. The van der Waals surface area contributed by atoms with E-state index in [1.54, 1.807) is 25.4 Å². The van der Waals surface area contributed by atoms with Crippen molar-refractivity contribution in [2.45, 2.75) is 13.0 Å². The van der Waals surface area contributed by atoms with Gasteiger partial charge in [0.05, 0.1) is 18.2 Å². The van der Waals surface area contributed by atoms with E-state index in [-0.39, 0.29) is 12.6 Å². The van der Waals surface area contributed by atoms with Crippen LogP contribution in [0.15, 0.2) is 60.1 Å². The number of nitrogens with one attached hydrogen (secondary N) is 2. The predicted molar refractivity (Wildman–Crippen MR) is 115 cm³/mol. The fourth-order valence-corrected chi connectivity index (χ4v) is 3.87. The SMILES string of the molecule is CCOC(=O)C1=C(CN2CCN(c3ncccn3)CC2)NC(=O)NC1c1ccccc1. The smallest absolute Gasteiger partial charge is 0.338 e. The van der Waals surface area contributed by atoms with Gasteiger partial charge in [0.25, 0.3) is 0 Å². The van der Waals surface area contributed by atoms with Crippen molar-refractivity contribution in [3.63, 3.8) is 0 Å². The summed E-state index contributed by atoms with van der Waals surface area (Å²) in [5.74, 6) is 0.295. The Kier molecular flexibility index (Phi) is 6.42. The standard InChI is InChI=1S/C22H26N6O3/c1-2-31-20(29)18-17(25-22(30)26-19(18)16-7-4-3-5-8-16)15-27-11-13-28(14-12-27)21-23-9-6-10-24-21/h3-10,19H,2,11-15H2,1H3,(H2,25,26,30). The van der Waals surface area contributed by atoms with Gasteiger partial charge in [0.2, 0.25) is 5.95 Å². The van der Waals surface area contributed by atoms with E-state index in [1.165, 1.54) is 0 Å². The van der Waals surface area contributed by atoms with Gasteiger partial charge in [-0.3, -0.25) is 4.90 Å². The van der Waals surface area contributed by atoms with Crippen LogP contribution >= 0.6 is 0 Å². The van der Waals surface area contributed by atoms with Crippen LogP contribution in [0.5, 0.6) is 0 Å². The van der Waals surface area contributed by atoms with Gasteiger partial charge in [-0.2, -0.15) is 0 Å². The van der Waals surface area contributed by atoms with Crippen molar-refractivity contribution >= 4 is 17.9 Å². The van der Waals surface area contributed by atoms with Crippen molar-refractivity contribution in [2.24, 2.45) is 0 Å². The number of piperazine rings is 1. The summed E-state index contributed by atoms with van der Waals surface area (Å²) >= 11 is 0. The number of anilines is 1. The van der Waals surface area contributed by atoms with Gasteiger partial charge in [0.1, 0.15) is 0 Å². The fraction of sp³-hybridized carbons (Fsp3) is 0.364. The number of amides is 2. The highest BCUT2D eigenvalue weighted by molar-refractivity contribution is 5.95. The molecule has 0 spiro atoms. The topological polar surface area (TPSA) is 99.7 Å². The van der Waals surface area contributed by atoms with Gasteiger partial charge in [-0.15, -0.1) is 0 Å². The second-order valence-corrected chi connectivity index (χ2v) is 7.37. The monoisotopic (exact) mass is 422 g/mol. The molecule has 2 aliphatic rings. The van der Waals surface area contributed by atoms with Crippen LogP contribution in [0.25, 0.3) is 0 Å². The number of aromatic nitrogens is 2. The van der Waals surface area contributed by atoms with E-state index in [1.807, 2.05) is 30.3 Å². The fourth-order valence-electron chi connectivity index (χ4n) is 3.87. The van der Waals surface area contributed by atoms with Crippen LogP contribution in [-0.2, 0) is 9.53 Å². The molecule has 1 saturated heterocycles. The minimum Gasteiger partial charge on any atom is -0.463 e. The van der Waals surface area contributed by atoms with Crippen LogP contribution < -0.4 is 15.5 Å². The van der Waals surface area contributed by atoms with E-state index in [0.717, 1.165) is 31.7 Å². The van der Waals surface area contributed by atoms with Gasteiger partial charge in [-0.05, 0) is 18.6 Å². The van der Waals surface area contributed by atoms with Crippen LogP contribution in [0.4, 0.5) is 10.7 Å². The normalized spacial score (nSPS) is 19.6. The molecule has 31 heavy (non-hydrogen) atoms. The Hall–Kier alpha value is -3.46. The maximum atomic E-state index is 12.9. The zero-order valence-electron chi connectivity index (χ0n) is 17.5. The summed E-state index contributed by atoms with van der Waals surface area (Å²) in [5, 5.41) is 5.71. The number of benzene rings is 1. The predicted octanol–water partition coefficient (Wildman–Crippen LogP) is 1.47. The first-order valence-electron chi connectivity index (χ1n) is 10.4. The highest BCUT2D eigenvalue weighted by Gasteiger charge is 2.34. The molecule has 0 saturated carbocycles. The van der Waals surface area contributed by atoms with E-state index in [2.05, 4.69) is 30.4 Å². The molecule has 4 rings (SSSR count). The van der Waals surface area contributed by atoms with Gasteiger partial charge < -0.3 is 20.3 Å². The van der Waals surface area contributed by atoms with E-state index >= 15 is 0 Å². The molecule has 2 aliphatic heterocycles. The van der Waals surface area contributed by atoms with Crippen LogP contribution in [0.3, 0.4) is 0 Å². The summed E-state index contributed by atoms with van der Waals surface area (Å²) in [5.41, 5.74) is 1.87. The molecular weight excluding hydrogens is 396 g/mol. The maximum absolute atomic E-state index is 12.9. The summed E-state index contributed by atoms with van der Waals surface area (Å²) in [6, 6.07) is 10.4. The Bertz CT molecular complexity index is 942. The molecule has 162 valence electrons. The van der Waals surface area contributed by atoms with E-state index in [9.17, 15) is 9.59 Å². The van der Waals surface area contributed by atoms with Crippen molar-refractivity contribution in [3.8, 4) is 0 Å². The van der Waals surface area contributed by atoms with Crippen molar-refractivity contribution in [3.05, 3.63) is 65.6 Å². The first-order chi connectivity index (χ1) is 15.2. The molecule has 3 heterocycles. The number of nitrogens with zero attached hydrogens (tertiary/aromatic N) is 4. The number of urea groups is 1. The number of esters is 1. The van der Waals surface area contributed by atoms with Crippen molar-refractivity contribution < 1.29 is 14.3 Å². The largest absolute Gasteiger partial charge is 0.463 e. The van der Waals surface area contributed by atoms with Gasteiger partial charge in [0.15, 0.2) is 0 Å². The zero-order chi connectivity index (χ0) is 21.6. The molecule has 0 bridgehead atoms. The van der Waals surface area contributed by atoms with Crippen molar-refractivity contribution in [1.29, 1.82) is 0 Å². The van der Waals surface area contributed by atoms with Crippen LogP contribution in [0, 0.1) is 0 Å². The first kappa shape index (κ1) is 20.8. The van der Waals surface area contributed by atoms with E-state index < -0.39 is 12.0 Å². The highest BCUT2D eigenvalue weighted by atomic mass is 16.5. The van der Waals surface area contributed by atoms with Gasteiger partial charge in [-0.25, -0.2) is 19.6 Å². The number of hydrogen-bond donors (Lipinski definition) is 2. The number of hydrogen-bond acceptors (Lipinski definition) is 7. The Morgan fingerprint density at radius 3 is 2.48 bits per heavy atom. The lowest BCUT2D eigenvalue weighted by Gasteiger charge is -2.37. The Morgan fingerprint density at radius 1 is 1.10 bits per heavy atom. The Balaban J connectivity index is 1.55. The summed E-state index contributed by atoms with van der Waals surface area (Å²) < 4.78 is 5.33. The maximum Gasteiger partial charge on any atom is 0.338 e. The molecule has 2 aromatic rings. The highest BCUT2D eigenvalue weighted by Crippen LogP contribution is 2.28. The minimum absolute atomic E-state index is 0.265. The number of ether oxygens (including phenoxy) is 1.